The normalized spacial score (nSPS) is 20.2. The number of ether oxygens (including phenoxy) is 1. The molecule has 1 amide bonds. The first-order valence-corrected chi connectivity index (χ1v) is 9.53. The molecule has 140 valence electrons. The maximum Gasteiger partial charge on any atom is 0.257 e. The summed E-state index contributed by atoms with van der Waals surface area (Å²) < 4.78 is 7.33. The first-order valence-electron chi connectivity index (χ1n) is 9.53. The zero-order valence-corrected chi connectivity index (χ0v) is 15.6. The van der Waals surface area contributed by atoms with Crippen LogP contribution >= 0.6 is 0 Å². The van der Waals surface area contributed by atoms with E-state index in [4.69, 9.17) is 4.74 Å². The van der Waals surface area contributed by atoms with Gasteiger partial charge in [0, 0.05) is 64.6 Å². The number of amides is 1. The molecule has 0 aromatic carbocycles. The molecule has 7 heteroatoms. The van der Waals surface area contributed by atoms with Crippen molar-refractivity contribution in [2.75, 3.05) is 65.6 Å². The molecule has 0 aliphatic carbocycles. The van der Waals surface area contributed by atoms with Crippen molar-refractivity contribution in [3.63, 3.8) is 0 Å². The minimum Gasteiger partial charge on any atom is -0.379 e. The van der Waals surface area contributed by atoms with Gasteiger partial charge in [0.05, 0.1) is 25.0 Å². The zero-order chi connectivity index (χ0) is 17.6. The Morgan fingerprint density at radius 2 is 1.68 bits per heavy atom. The van der Waals surface area contributed by atoms with Gasteiger partial charge in [0.15, 0.2) is 0 Å². The van der Waals surface area contributed by atoms with E-state index in [0.29, 0.717) is 0 Å². The van der Waals surface area contributed by atoms with Gasteiger partial charge < -0.3 is 9.64 Å². The maximum atomic E-state index is 12.8. The van der Waals surface area contributed by atoms with Gasteiger partial charge in [-0.2, -0.15) is 5.10 Å². The van der Waals surface area contributed by atoms with Gasteiger partial charge in [-0.3, -0.25) is 19.3 Å². The lowest BCUT2D eigenvalue weighted by Crippen LogP contribution is -2.51. The Bertz CT molecular complexity index is 560. The van der Waals surface area contributed by atoms with Crippen molar-refractivity contribution in [1.82, 2.24) is 24.5 Å². The van der Waals surface area contributed by atoms with E-state index in [9.17, 15) is 4.79 Å². The van der Waals surface area contributed by atoms with Crippen molar-refractivity contribution in [2.24, 2.45) is 0 Å². The Balaban J connectivity index is 1.46. The Kier molecular flexibility index (Phi) is 6.45. The first kappa shape index (κ1) is 18.4. The van der Waals surface area contributed by atoms with Gasteiger partial charge in [-0.1, -0.05) is 6.92 Å². The lowest BCUT2D eigenvalue weighted by molar-refractivity contribution is 0.0293. The largest absolute Gasteiger partial charge is 0.379 e. The van der Waals surface area contributed by atoms with E-state index < -0.39 is 0 Å². The summed E-state index contributed by atoms with van der Waals surface area (Å²) in [4.78, 5) is 19.7. The van der Waals surface area contributed by atoms with Crippen LogP contribution in [0.1, 0.15) is 29.4 Å². The van der Waals surface area contributed by atoms with Gasteiger partial charge in [-0.15, -0.1) is 0 Å². The summed E-state index contributed by atoms with van der Waals surface area (Å²) in [5, 5.41) is 4.36. The van der Waals surface area contributed by atoms with Gasteiger partial charge in [-0.05, 0) is 13.3 Å². The van der Waals surface area contributed by atoms with Crippen molar-refractivity contribution in [3.8, 4) is 0 Å². The summed E-state index contributed by atoms with van der Waals surface area (Å²) in [5.41, 5.74) is 1.75. The van der Waals surface area contributed by atoms with Crippen molar-refractivity contribution in [1.29, 1.82) is 0 Å². The van der Waals surface area contributed by atoms with Crippen LogP contribution in [0.25, 0.3) is 0 Å². The minimum absolute atomic E-state index is 0.132. The van der Waals surface area contributed by atoms with Crippen molar-refractivity contribution in [2.45, 2.75) is 26.8 Å². The summed E-state index contributed by atoms with van der Waals surface area (Å²) in [6, 6.07) is 0. The second-order valence-corrected chi connectivity index (χ2v) is 6.95. The molecule has 1 aromatic heterocycles. The van der Waals surface area contributed by atoms with Crippen LogP contribution in [-0.4, -0.2) is 96.0 Å². The molecule has 0 saturated carbocycles. The number of carbonyl (C=O) groups excluding carboxylic acids is 1. The Morgan fingerprint density at radius 3 is 2.32 bits per heavy atom. The number of piperazine rings is 1. The maximum absolute atomic E-state index is 12.8. The number of nitrogens with zero attached hydrogens (tertiary/aromatic N) is 5. The lowest BCUT2D eigenvalue weighted by atomic mass is 10.2. The highest BCUT2D eigenvalue weighted by atomic mass is 16.5. The van der Waals surface area contributed by atoms with Crippen LogP contribution in [0.2, 0.25) is 0 Å². The molecule has 7 nitrogen and oxygen atoms in total. The van der Waals surface area contributed by atoms with E-state index in [-0.39, 0.29) is 5.91 Å². The van der Waals surface area contributed by atoms with Gasteiger partial charge in [-0.25, -0.2) is 0 Å². The highest BCUT2D eigenvalue weighted by Gasteiger charge is 2.25. The summed E-state index contributed by atoms with van der Waals surface area (Å²) in [5.74, 6) is 0.132. The van der Waals surface area contributed by atoms with E-state index in [1.54, 1.807) is 6.20 Å². The number of hydrogen-bond acceptors (Lipinski definition) is 5. The van der Waals surface area contributed by atoms with E-state index in [0.717, 1.165) is 89.8 Å². The molecule has 0 spiro atoms. The molecule has 25 heavy (non-hydrogen) atoms. The van der Waals surface area contributed by atoms with Crippen molar-refractivity contribution < 1.29 is 9.53 Å². The second-order valence-electron chi connectivity index (χ2n) is 6.95. The highest BCUT2D eigenvalue weighted by molar-refractivity contribution is 5.95. The predicted octanol–water partition coefficient (Wildman–Crippen LogP) is 0.692. The predicted molar refractivity (Wildman–Crippen MR) is 96.9 cm³/mol. The van der Waals surface area contributed by atoms with E-state index in [1.165, 1.54) is 0 Å². The molecule has 0 atom stereocenters. The quantitative estimate of drug-likeness (QED) is 0.756. The van der Waals surface area contributed by atoms with Crippen LogP contribution in [0.3, 0.4) is 0 Å². The Morgan fingerprint density at radius 1 is 1.04 bits per heavy atom. The van der Waals surface area contributed by atoms with Crippen LogP contribution < -0.4 is 0 Å². The van der Waals surface area contributed by atoms with E-state index in [2.05, 4.69) is 21.8 Å². The van der Waals surface area contributed by atoms with E-state index in [1.807, 2.05) is 16.5 Å². The number of morpholine rings is 1. The summed E-state index contributed by atoms with van der Waals surface area (Å²) in [7, 11) is 0. The van der Waals surface area contributed by atoms with Gasteiger partial charge in [0.25, 0.3) is 5.91 Å². The van der Waals surface area contributed by atoms with Crippen LogP contribution in [0, 0.1) is 6.92 Å². The van der Waals surface area contributed by atoms with Crippen LogP contribution in [0.15, 0.2) is 6.20 Å². The fourth-order valence-electron chi connectivity index (χ4n) is 3.55. The molecular weight excluding hydrogens is 318 g/mol. The zero-order valence-electron chi connectivity index (χ0n) is 15.6. The topological polar surface area (TPSA) is 53.8 Å². The summed E-state index contributed by atoms with van der Waals surface area (Å²) in [6.45, 7) is 14.5. The van der Waals surface area contributed by atoms with Crippen molar-refractivity contribution in [3.05, 3.63) is 17.5 Å². The number of aryl methyl sites for hydroxylation is 1. The molecule has 2 aliphatic heterocycles. The SMILES string of the molecule is CCCn1ncc(C(=O)N2CCN(CCN3CCOCC3)CC2)c1C. The van der Waals surface area contributed by atoms with Crippen molar-refractivity contribution >= 4 is 5.91 Å². The average Bonchev–Trinajstić information content (AvgIpc) is 3.02. The molecule has 2 fully saturated rings. The molecule has 1 aromatic rings. The van der Waals surface area contributed by atoms with Crippen LogP contribution in [-0.2, 0) is 11.3 Å². The first-order chi connectivity index (χ1) is 12.2. The molecular formula is C18H31N5O2. The fourth-order valence-corrected chi connectivity index (χ4v) is 3.55. The minimum atomic E-state index is 0.132. The van der Waals surface area contributed by atoms with Crippen LogP contribution in [0.4, 0.5) is 0 Å². The monoisotopic (exact) mass is 349 g/mol. The van der Waals surface area contributed by atoms with Gasteiger partial charge in [0.1, 0.15) is 0 Å². The molecule has 0 bridgehead atoms. The molecule has 0 radical (unpaired) electrons. The van der Waals surface area contributed by atoms with E-state index >= 15 is 0 Å². The molecule has 0 N–H and O–H groups in total. The average molecular weight is 349 g/mol. The molecule has 3 heterocycles. The van der Waals surface area contributed by atoms with Crippen LogP contribution in [0.5, 0.6) is 0 Å². The Labute approximate surface area is 150 Å². The third-order valence-electron chi connectivity index (χ3n) is 5.26. The number of aromatic nitrogens is 2. The number of rotatable bonds is 6. The van der Waals surface area contributed by atoms with Gasteiger partial charge in [0.2, 0.25) is 0 Å². The standard InChI is InChI=1S/C18H31N5O2/c1-3-4-23-16(2)17(15-19-23)18(24)22-9-7-20(8-10-22)5-6-21-11-13-25-14-12-21/h15H,3-14H2,1-2H3. The third-order valence-corrected chi connectivity index (χ3v) is 5.26. The summed E-state index contributed by atoms with van der Waals surface area (Å²) >= 11 is 0. The lowest BCUT2D eigenvalue weighted by Gasteiger charge is -2.36. The Hall–Kier alpha value is -1.44. The highest BCUT2D eigenvalue weighted by Crippen LogP contribution is 2.13. The molecule has 3 rings (SSSR count). The van der Waals surface area contributed by atoms with Gasteiger partial charge >= 0.3 is 0 Å². The number of carbonyl (C=O) groups is 1. The second kappa shape index (κ2) is 8.78. The molecule has 0 unspecified atom stereocenters. The number of hydrogen-bond donors (Lipinski definition) is 0. The smallest absolute Gasteiger partial charge is 0.257 e. The third kappa shape index (κ3) is 4.59. The molecule has 2 aliphatic rings. The summed E-state index contributed by atoms with van der Waals surface area (Å²) in [6.07, 6.45) is 2.76. The fraction of sp³-hybridized carbons (Fsp3) is 0.778. The molecule has 2 saturated heterocycles.